The number of carbonyl (C=O) groups is 1. The van der Waals surface area contributed by atoms with Crippen LogP contribution in [0.5, 0.6) is 0 Å². The summed E-state index contributed by atoms with van der Waals surface area (Å²) >= 11 is 0. The maximum absolute atomic E-state index is 13.4. The van der Waals surface area contributed by atoms with Crippen molar-refractivity contribution >= 4 is 17.3 Å². The van der Waals surface area contributed by atoms with Crippen LogP contribution < -0.4 is 10.2 Å². The lowest BCUT2D eigenvalue weighted by Crippen LogP contribution is -2.43. The summed E-state index contributed by atoms with van der Waals surface area (Å²) < 4.78 is 13.4. The van der Waals surface area contributed by atoms with Crippen LogP contribution in [0.4, 0.5) is 15.8 Å². The second-order valence-electron chi connectivity index (χ2n) is 7.22. The Hall–Kier alpha value is -3.14. The molecule has 1 heterocycles. The lowest BCUT2D eigenvalue weighted by atomic mass is 9.97. The Morgan fingerprint density at radius 2 is 1.68 bits per heavy atom. The molecule has 0 unspecified atom stereocenters. The van der Waals surface area contributed by atoms with E-state index >= 15 is 0 Å². The molecule has 3 aromatic carbocycles. The van der Waals surface area contributed by atoms with E-state index < -0.39 is 6.17 Å². The number of anilines is 2. The van der Waals surface area contributed by atoms with E-state index in [2.05, 4.69) is 31.3 Å². The molecule has 0 saturated carbocycles. The standard InChI is InChI=1S/C24H23FN2O/c1-3-16(2)17-10-14-20(15-11-17)27-23(18-8-12-19(25)13-9-18)26-22-7-5-4-6-21(22)24(27)28/h4-16,23,26H,3H2,1-2H3/t16-,23-/m1/s1. The zero-order chi connectivity index (χ0) is 19.7. The summed E-state index contributed by atoms with van der Waals surface area (Å²) in [6.45, 7) is 4.36. The number of benzene rings is 3. The number of amides is 1. The predicted molar refractivity (Wildman–Crippen MR) is 111 cm³/mol. The Morgan fingerprint density at radius 3 is 2.36 bits per heavy atom. The van der Waals surface area contributed by atoms with E-state index in [9.17, 15) is 9.18 Å². The number of hydrogen-bond donors (Lipinski definition) is 1. The Labute approximate surface area is 164 Å². The highest BCUT2D eigenvalue weighted by atomic mass is 19.1. The quantitative estimate of drug-likeness (QED) is 0.597. The van der Waals surface area contributed by atoms with E-state index in [1.807, 2.05) is 36.4 Å². The van der Waals surface area contributed by atoms with Crippen LogP contribution >= 0.6 is 0 Å². The first-order valence-corrected chi connectivity index (χ1v) is 9.63. The fourth-order valence-electron chi connectivity index (χ4n) is 3.60. The molecule has 0 aromatic heterocycles. The average molecular weight is 374 g/mol. The van der Waals surface area contributed by atoms with Crippen LogP contribution in [0.2, 0.25) is 0 Å². The van der Waals surface area contributed by atoms with Crippen LogP contribution in [0.15, 0.2) is 72.8 Å². The monoisotopic (exact) mass is 374 g/mol. The minimum Gasteiger partial charge on any atom is -0.360 e. The number of nitrogens with zero attached hydrogens (tertiary/aromatic N) is 1. The first-order chi connectivity index (χ1) is 13.6. The smallest absolute Gasteiger partial charge is 0.262 e. The van der Waals surface area contributed by atoms with Crippen LogP contribution in [0.1, 0.15) is 53.8 Å². The molecular weight excluding hydrogens is 351 g/mol. The summed E-state index contributed by atoms with van der Waals surface area (Å²) in [7, 11) is 0. The molecule has 1 N–H and O–H groups in total. The van der Waals surface area contributed by atoms with Crippen molar-refractivity contribution in [1.29, 1.82) is 0 Å². The molecule has 0 fully saturated rings. The van der Waals surface area contributed by atoms with Gasteiger partial charge < -0.3 is 5.32 Å². The molecule has 1 amide bonds. The van der Waals surface area contributed by atoms with Crippen LogP contribution in [0.25, 0.3) is 0 Å². The first kappa shape index (κ1) is 18.2. The summed E-state index contributed by atoms with van der Waals surface area (Å²) in [6.07, 6.45) is 0.659. The molecule has 4 rings (SSSR count). The van der Waals surface area contributed by atoms with Gasteiger partial charge in [0, 0.05) is 11.4 Å². The zero-order valence-corrected chi connectivity index (χ0v) is 16.0. The lowest BCUT2D eigenvalue weighted by Gasteiger charge is -2.38. The summed E-state index contributed by atoms with van der Waals surface area (Å²) in [6, 6.07) is 21.9. The fourth-order valence-corrected chi connectivity index (χ4v) is 3.60. The van der Waals surface area contributed by atoms with Gasteiger partial charge >= 0.3 is 0 Å². The minimum absolute atomic E-state index is 0.0695. The van der Waals surface area contributed by atoms with Crippen molar-refractivity contribution in [1.82, 2.24) is 0 Å². The summed E-state index contributed by atoms with van der Waals surface area (Å²) in [5, 5.41) is 3.44. The van der Waals surface area contributed by atoms with Gasteiger partial charge in [-0.05, 0) is 59.9 Å². The lowest BCUT2D eigenvalue weighted by molar-refractivity contribution is 0.0975. The van der Waals surface area contributed by atoms with Gasteiger partial charge in [-0.25, -0.2) is 4.39 Å². The fraction of sp³-hybridized carbons (Fsp3) is 0.208. The van der Waals surface area contributed by atoms with Crippen molar-refractivity contribution < 1.29 is 9.18 Å². The van der Waals surface area contributed by atoms with Gasteiger partial charge in [-0.15, -0.1) is 0 Å². The SMILES string of the molecule is CC[C@@H](C)c1ccc(N2C(=O)c3ccccc3N[C@H]2c2ccc(F)cc2)cc1. The number of halogens is 1. The Bertz CT molecular complexity index is 982. The van der Waals surface area contributed by atoms with Crippen LogP contribution in [-0.4, -0.2) is 5.91 Å². The van der Waals surface area contributed by atoms with E-state index in [1.165, 1.54) is 17.7 Å². The second kappa shape index (κ2) is 7.47. The largest absolute Gasteiger partial charge is 0.360 e. The third-order valence-electron chi connectivity index (χ3n) is 5.47. The Kier molecular flexibility index (Phi) is 4.86. The molecule has 3 aromatic rings. The van der Waals surface area contributed by atoms with Crippen LogP contribution in [0.3, 0.4) is 0 Å². The molecule has 1 aliphatic rings. The molecule has 0 bridgehead atoms. The molecule has 1 aliphatic heterocycles. The molecule has 4 heteroatoms. The van der Waals surface area contributed by atoms with Crippen molar-refractivity contribution in [3.05, 3.63) is 95.3 Å². The van der Waals surface area contributed by atoms with E-state index in [-0.39, 0.29) is 11.7 Å². The Balaban J connectivity index is 1.78. The van der Waals surface area contributed by atoms with Gasteiger partial charge in [-0.2, -0.15) is 0 Å². The molecule has 0 aliphatic carbocycles. The molecule has 0 saturated heterocycles. The van der Waals surface area contributed by atoms with Gasteiger partial charge in [0.2, 0.25) is 0 Å². The van der Waals surface area contributed by atoms with Gasteiger partial charge in [-0.1, -0.05) is 50.2 Å². The highest BCUT2D eigenvalue weighted by Gasteiger charge is 2.34. The maximum Gasteiger partial charge on any atom is 0.262 e. The number of para-hydroxylation sites is 1. The van der Waals surface area contributed by atoms with Crippen molar-refractivity contribution in [2.24, 2.45) is 0 Å². The van der Waals surface area contributed by atoms with Gasteiger partial charge in [0.05, 0.1) is 5.56 Å². The zero-order valence-electron chi connectivity index (χ0n) is 16.0. The minimum atomic E-state index is -0.405. The van der Waals surface area contributed by atoms with Gasteiger partial charge in [0.1, 0.15) is 12.0 Å². The average Bonchev–Trinajstić information content (AvgIpc) is 2.74. The first-order valence-electron chi connectivity index (χ1n) is 9.63. The summed E-state index contributed by atoms with van der Waals surface area (Å²) in [5.74, 6) is 0.105. The third kappa shape index (κ3) is 3.26. The molecule has 3 nitrogen and oxygen atoms in total. The maximum atomic E-state index is 13.4. The number of hydrogen-bond acceptors (Lipinski definition) is 2. The summed E-state index contributed by atoms with van der Waals surface area (Å²) in [4.78, 5) is 15.1. The molecule has 28 heavy (non-hydrogen) atoms. The number of rotatable bonds is 4. The molecule has 0 spiro atoms. The normalized spacial score (nSPS) is 17.0. The topological polar surface area (TPSA) is 32.3 Å². The number of carbonyl (C=O) groups excluding carboxylic acids is 1. The second-order valence-corrected chi connectivity index (χ2v) is 7.22. The van der Waals surface area contributed by atoms with Crippen molar-refractivity contribution in [2.45, 2.75) is 32.4 Å². The van der Waals surface area contributed by atoms with Crippen molar-refractivity contribution in [3.63, 3.8) is 0 Å². The number of fused-ring (bicyclic) bond motifs is 1. The van der Waals surface area contributed by atoms with Gasteiger partial charge in [0.15, 0.2) is 0 Å². The predicted octanol–water partition coefficient (Wildman–Crippen LogP) is 6.11. The van der Waals surface area contributed by atoms with Crippen molar-refractivity contribution in [3.8, 4) is 0 Å². The van der Waals surface area contributed by atoms with Crippen LogP contribution in [0, 0.1) is 5.82 Å². The highest BCUT2D eigenvalue weighted by molar-refractivity contribution is 6.12. The van der Waals surface area contributed by atoms with Gasteiger partial charge in [0.25, 0.3) is 5.91 Å². The molecule has 2 atom stereocenters. The van der Waals surface area contributed by atoms with E-state index in [0.29, 0.717) is 11.5 Å². The molecule has 0 radical (unpaired) electrons. The highest BCUT2D eigenvalue weighted by Crippen LogP contribution is 2.37. The molecule has 142 valence electrons. The molecular formula is C24H23FN2O. The Morgan fingerprint density at radius 1 is 1.00 bits per heavy atom. The summed E-state index contributed by atoms with van der Waals surface area (Å²) in [5.41, 5.74) is 4.31. The van der Waals surface area contributed by atoms with Crippen molar-refractivity contribution in [2.75, 3.05) is 10.2 Å². The van der Waals surface area contributed by atoms with E-state index in [1.54, 1.807) is 17.0 Å². The number of nitrogens with one attached hydrogen (secondary N) is 1. The van der Waals surface area contributed by atoms with E-state index in [0.717, 1.165) is 23.4 Å². The van der Waals surface area contributed by atoms with Crippen LogP contribution in [-0.2, 0) is 0 Å². The third-order valence-corrected chi connectivity index (χ3v) is 5.47. The van der Waals surface area contributed by atoms with E-state index in [4.69, 9.17) is 0 Å². The van der Waals surface area contributed by atoms with Gasteiger partial charge in [-0.3, -0.25) is 9.69 Å².